The Balaban J connectivity index is 1.69. The number of aromatic nitrogens is 3. The molecule has 2 aromatic heterocycles. The van der Waals surface area contributed by atoms with Crippen LogP contribution in [0.15, 0.2) is 10.6 Å². The highest BCUT2D eigenvalue weighted by atomic mass is 16.5. The zero-order chi connectivity index (χ0) is 16.2. The average Bonchev–Trinajstić information content (AvgIpc) is 3.08. The number of nitrogens with zero attached hydrogens (tertiary/aromatic N) is 3. The van der Waals surface area contributed by atoms with E-state index >= 15 is 0 Å². The maximum atomic E-state index is 12.5. The highest BCUT2D eigenvalue weighted by Gasteiger charge is 2.21. The molecule has 0 atom stereocenters. The fraction of sp³-hybridized carbons (Fsp3) is 0.588. The minimum Gasteiger partial charge on any atom is -0.361 e. The number of hydrogen-bond donors (Lipinski definition) is 1. The third-order valence-electron chi connectivity index (χ3n) is 4.40. The Morgan fingerprint density at radius 2 is 2.17 bits per heavy atom. The van der Waals surface area contributed by atoms with Crippen molar-refractivity contribution in [3.05, 3.63) is 34.5 Å². The lowest BCUT2D eigenvalue weighted by atomic mass is 10.1. The molecule has 1 aliphatic carbocycles. The quantitative estimate of drug-likeness (QED) is 0.861. The second-order valence-electron chi connectivity index (χ2n) is 6.28. The van der Waals surface area contributed by atoms with Gasteiger partial charge in [-0.25, -0.2) is 0 Å². The van der Waals surface area contributed by atoms with Crippen molar-refractivity contribution in [2.45, 2.75) is 58.4 Å². The molecule has 3 rings (SSSR count). The molecule has 0 saturated heterocycles. The molecule has 0 unspecified atom stereocenters. The largest absolute Gasteiger partial charge is 0.361 e. The molecule has 0 fully saturated rings. The Morgan fingerprint density at radius 1 is 1.35 bits per heavy atom. The van der Waals surface area contributed by atoms with Crippen LogP contribution in [0, 0.1) is 0 Å². The lowest BCUT2D eigenvalue weighted by Crippen LogP contribution is -2.27. The van der Waals surface area contributed by atoms with E-state index in [1.165, 1.54) is 30.5 Å². The van der Waals surface area contributed by atoms with Crippen molar-refractivity contribution >= 4 is 5.91 Å². The lowest BCUT2D eigenvalue weighted by Gasteiger charge is -2.15. The smallest absolute Gasteiger partial charge is 0.276 e. The highest BCUT2D eigenvalue weighted by Crippen LogP contribution is 2.22. The van der Waals surface area contributed by atoms with Gasteiger partial charge in [-0.1, -0.05) is 18.5 Å². The van der Waals surface area contributed by atoms with E-state index in [1.54, 1.807) is 18.0 Å². The Kier molecular flexibility index (Phi) is 4.79. The summed E-state index contributed by atoms with van der Waals surface area (Å²) in [5.74, 6) is 0.638. The van der Waals surface area contributed by atoms with Crippen LogP contribution in [0.4, 0.5) is 0 Å². The molecule has 0 saturated carbocycles. The summed E-state index contributed by atoms with van der Waals surface area (Å²) in [5.41, 5.74) is 3.89. The summed E-state index contributed by atoms with van der Waals surface area (Å²) < 4.78 is 5.20. The van der Waals surface area contributed by atoms with E-state index in [0.717, 1.165) is 37.1 Å². The van der Waals surface area contributed by atoms with Crippen LogP contribution in [0.1, 0.15) is 65.8 Å². The highest BCUT2D eigenvalue weighted by molar-refractivity contribution is 5.92. The van der Waals surface area contributed by atoms with Crippen molar-refractivity contribution < 1.29 is 9.32 Å². The van der Waals surface area contributed by atoms with Gasteiger partial charge in [0.1, 0.15) is 5.76 Å². The zero-order valence-electron chi connectivity index (χ0n) is 13.9. The molecule has 6 nitrogen and oxygen atoms in total. The minimum absolute atomic E-state index is 0.124. The molecular weight excluding hydrogens is 292 g/mol. The predicted octanol–water partition coefficient (Wildman–Crippen LogP) is 2.89. The second-order valence-corrected chi connectivity index (χ2v) is 6.28. The van der Waals surface area contributed by atoms with Crippen molar-refractivity contribution in [2.24, 2.45) is 0 Å². The van der Waals surface area contributed by atoms with Gasteiger partial charge in [-0.2, -0.15) is 5.10 Å². The summed E-state index contributed by atoms with van der Waals surface area (Å²) in [6.45, 7) is 2.57. The number of nitrogens with one attached hydrogen (secondary N) is 1. The van der Waals surface area contributed by atoms with E-state index in [1.807, 2.05) is 0 Å². The number of hydrogen-bond acceptors (Lipinski definition) is 4. The standard InChI is InChI=1S/C17H24N4O2/c1-3-7-12-10-15(20-23-12)17(22)21(2)11-16-13-8-5-4-6-9-14(13)18-19-16/h10H,3-9,11H2,1-2H3,(H,18,19). The Morgan fingerprint density at radius 3 is 3.00 bits per heavy atom. The molecule has 23 heavy (non-hydrogen) atoms. The number of aromatic amines is 1. The number of amides is 1. The molecule has 1 amide bonds. The van der Waals surface area contributed by atoms with E-state index in [4.69, 9.17) is 4.52 Å². The van der Waals surface area contributed by atoms with Crippen molar-refractivity contribution in [2.75, 3.05) is 7.05 Å². The van der Waals surface area contributed by atoms with Gasteiger partial charge in [0.05, 0.1) is 12.2 Å². The molecule has 2 heterocycles. The Labute approximate surface area is 136 Å². The first-order valence-electron chi connectivity index (χ1n) is 8.45. The number of carbonyl (C=O) groups is 1. The first-order chi connectivity index (χ1) is 11.2. The fourth-order valence-electron chi connectivity index (χ4n) is 3.13. The van der Waals surface area contributed by atoms with Crippen LogP contribution in [0.5, 0.6) is 0 Å². The molecule has 1 N–H and O–H groups in total. The number of carbonyl (C=O) groups excluding carboxylic acids is 1. The van der Waals surface area contributed by atoms with Crippen LogP contribution < -0.4 is 0 Å². The van der Waals surface area contributed by atoms with Crippen molar-refractivity contribution in [1.29, 1.82) is 0 Å². The van der Waals surface area contributed by atoms with Gasteiger partial charge >= 0.3 is 0 Å². The fourth-order valence-corrected chi connectivity index (χ4v) is 3.13. The zero-order valence-corrected chi connectivity index (χ0v) is 13.9. The molecule has 2 aromatic rings. The van der Waals surface area contributed by atoms with E-state index in [2.05, 4.69) is 22.3 Å². The predicted molar refractivity (Wildman–Crippen MR) is 86.1 cm³/mol. The summed E-state index contributed by atoms with van der Waals surface area (Å²) >= 11 is 0. The number of aryl methyl sites for hydroxylation is 2. The van der Waals surface area contributed by atoms with Gasteiger partial charge in [-0.05, 0) is 37.7 Å². The van der Waals surface area contributed by atoms with Crippen molar-refractivity contribution in [1.82, 2.24) is 20.3 Å². The van der Waals surface area contributed by atoms with Gasteiger partial charge in [0, 0.05) is 25.2 Å². The lowest BCUT2D eigenvalue weighted by molar-refractivity contribution is 0.0772. The van der Waals surface area contributed by atoms with Crippen LogP contribution in [0.25, 0.3) is 0 Å². The monoisotopic (exact) mass is 316 g/mol. The molecule has 0 aromatic carbocycles. The first-order valence-corrected chi connectivity index (χ1v) is 8.45. The molecule has 1 aliphatic rings. The van der Waals surface area contributed by atoms with Gasteiger partial charge in [-0.3, -0.25) is 9.89 Å². The van der Waals surface area contributed by atoms with Crippen LogP contribution in [-0.4, -0.2) is 33.2 Å². The molecule has 0 spiro atoms. The van der Waals surface area contributed by atoms with Gasteiger partial charge in [0.25, 0.3) is 5.91 Å². The molecule has 0 aliphatic heterocycles. The maximum absolute atomic E-state index is 12.5. The maximum Gasteiger partial charge on any atom is 0.276 e. The normalized spacial score (nSPS) is 14.3. The van der Waals surface area contributed by atoms with Crippen LogP contribution >= 0.6 is 0 Å². The average molecular weight is 316 g/mol. The summed E-state index contributed by atoms with van der Waals surface area (Å²) in [6.07, 6.45) is 7.55. The SMILES string of the molecule is CCCc1cc(C(=O)N(C)Cc2n[nH]c3c2CCCCC3)no1. The summed E-state index contributed by atoms with van der Waals surface area (Å²) in [5, 5.41) is 11.5. The van der Waals surface area contributed by atoms with Crippen molar-refractivity contribution in [3.63, 3.8) is 0 Å². The van der Waals surface area contributed by atoms with Gasteiger partial charge in [0.2, 0.25) is 0 Å². The number of fused-ring (bicyclic) bond motifs is 1. The van der Waals surface area contributed by atoms with Gasteiger partial charge in [-0.15, -0.1) is 0 Å². The van der Waals surface area contributed by atoms with E-state index < -0.39 is 0 Å². The second kappa shape index (κ2) is 6.98. The van der Waals surface area contributed by atoms with Crippen LogP contribution in [0.3, 0.4) is 0 Å². The molecule has 0 radical (unpaired) electrons. The minimum atomic E-state index is -0.124. The summed E-state index contributed by atoms with van der Waals surface area (Å²) in [6, 6.07) is 1.74. The molecule has 6 heteroatoms. The van der Waals surface area contributed by atoms with Gasteiger partial charge < -0.3 is 9.42 Å². The molecule has 124 valence electrons. The van der Waals surface area contributed by atoms with E-state index in [-0.39, 0.29) is 5.91 Å². The topological polar surface area (TPSA) is 75.0 Å². The first kappa shape index (κ1) is 15.8. The van der Waals surface area contributed by atoms with E-state index in [0.29, 0.717) is 12.2 Å². The van der Waals surface area contributed by atoms with E-state index in [9.17, 15) is 4.79 Å². The van der Waals surface area contributed by atoms with Crippen LogP contribution in [-0.2, 0) is 25.8 Å². The third-order valence-corrected chi connectivity index (χ3v) is 4.40. The van der Waals surface area contributed by atoms with Crippen LogP contribution in [0.2, 0.25) is 0 Å². The van der Waals surface area contributed by atoms with Crippen molar-refractivity contribution in [3.8, 4) is 0 Å². The molecular formula is C17H24N4O2. The summed E-state index contributed by atoms with van der Waals surface area (Å²) in [4.78, 5) is 14.2. The third kappa shape index (κ3) is 3.46. The molecule has 0 bridgehead atoms. The number of H-pyrrole nitrogens is 1. The Hall–Kier alpha value is -2.11. The Bertz CT molecular complexity index is 674. The summed E-state index contributed by atoms with van der Waals surface area (Å²) in [7, 11) is 1.79. The number of rotatable bonds is 5. The van der Waals surface area contributed by atoms with Gasteiger partial charge in [0.15, 0.2) is 5.69 Å².